The number of epoxide rings is 1. The van der Waals surface area contributed by atoms with E-state index in [0.29, 0.717) is 25.4 Å². The fourth-order valence-corrected chi connectivity index (χ4v) is 1.96. The van der Waals surface area contributed by atoms with Crippen molar-refractivity contribution in [3.05, 3.63) is 35.4 Å². The number of rotatable bonds is 3. The lowest BCUT2D eigenvalue weighted by Crippen LogP contribution is -2.39. The molecule has 1 aromatic carbocycles. The second-order valence-corrected chi connectivity index (χ2v) is 4.15. The van der Waals surface area contributed by atoms with E-state index >= 15 is 0 Å². The Bertz CT molecular complexity index is 474. The Kier molecular flexibility index (Phi) is 2.34. The molecule has 90 valence electrons. The van der Waals surface area contributed by atoms with Crippen molar-refractivity contribution in [1.82, 2.24) is 10.4 Å². The van der Waals surface area contributed by atoms with Crippen LogP contribution < -0.4 is 5.43 Å². The van der Waals surface area contributed by atoms with E-state index in [9.17, 15) is 8.78 Å². The van der Waals surface area contributed by atoms with E-state index < -0.39 is 17.2 Å². The lowest BCUT2D eigenvalue weighted by atomic mass is 9.99. The third kappa shape index (κ3) is 1.89. The van der Waals surface area contributed by atoms with Crippen molar-refractivity contribution in [2.24, 2.45) is 4.99 Å². The van der Waals surface area contributed by atoms with Gasteiger partial charge in [0.25, 0.3) is 0 Å². The molecule has 0 unspecified atom stereocenters. The van der Waals surface area contributed by atoms with Gasteiger partial charge in [-0.15, -0.1) is 0 Å². The van der Waals surface area contributed by atoms with E-state index in [2.05, 4.69) is 10.4 Å². The van der Waals surface area contributed by atoms with Gasteiger partial charge in [0.1, 0.15) is 30.2 Å². The monoisotopic (exact) mass is 239 g/mol. The maximum Gasteiger partial charge on any atom is 0.138 e. The zero-order valence-electron chi connectivity index (χ0n) is 8.99. The molecule has 1 fully saturated rings. The summed E-state index contributed by atoms with van der Waals surface area (Å²) in [6.07, 6.45) is 1.64. The first-order valence-corrected chi connectivity index (χ1v) is 5.29. The van der Waals surface area contributed by atoms with Crippen LogP contribution in [0.25, 0.3) is 0 Å². The first-order valence-electron chi connectivity index (χ1n) is 5.29. The molecule has 17 heavy (non-hydrogen) atoms. The summed E-state index contributed by atoms with van der Waals surface area (Å²) in [5.41, 5.74) is 2.70. The molecule has 0 bridgehead atoms. The number of halogens is 2. The lowest BCUT2D eigenvalue weighted by Gasteiger charge is -2.20. The Labute approximate surface area is 96.9 Å². The van der Waals surface area contributed by atoms with Gasteiger partial charge in [0, 0.05) is 11.6 Å². The normalized spacial score (nSPS) is 26.6. The summed E-state index contributed by atoms with van der Waals surface area (Å²) < 4.78 is 31.9. The minimum absolute atomic E-state index is 0.390. The van der Waals surface area contributed by atoms with Crippen LogP contribution in [-0.2, 0) is 10.3 Å². The van der Waals surface area contributed by atoms with Crippen LogP contribution in [0, 0.1) is 11.6 Å². The van der Waals surface area contributed by atoms with Crippen LogP contribution in [0.2, 0.25) is 0 Å². The SMILES string of the molecule is Fc1ccc([C@@]2(CN3C=NCN3)CO2)c(F)c1. The van der Waals surface area contributed by atoms with Gasteiger partial charge >= 0.3 is 0 Å². The molecule has 3 rings (SSSR count). The van der Waals surface area contributed by atoms with Gasteiger partial charge in [-0.2, -0.15) is 0 Å². The Morgan fingerprint density at radius 1 is 1.47 bits per heavy atom. The van der Waals surface area contributed by atoms with E-state index in [1.54, 1.807) is 11.3 Å². The second kappa shape index (κ2) is 3.75. The van der Waals surface area contributed by atoms with Crippen LogP contribution in [0.1, 0.15) is 5.56 Å². The maximum absolute atomic E-state index is 13.7. The third-order valence-corrected chi connectivity index (χ3v) is 2.93. The van der Waals surface area contributed by atoms with Crippen molar-refractivity contribution in [3.63, 3.8) is 0 Å². The van der Waals surface area contributed by atoms with E-state index in [4.69, 9.17) is 4.74 Å². The van der Waals surface area contributed by atoms with Gasteiger partial charge < -0.3 is 4.74 Å². The fourth-order valence-electron chi connectivity index (χ4n) is 1.96. The lowest BCUT2D eigenvalue weighted by molar-refractivity contribution is 0.218. The van der Waals surface area contributed by atoms with E-state index in [-0.39, 0.29) is 0 Å². The number of nitrogens with zero attached hydrogens (tertiary/aromatic N) is 2. The van der Waals surface area contributed by atoms with Gasteiger partial charge in [-0.3, -0.25) is 10.0 Å². The molecule has 0 saturated carbocycles. The molecular formula is C11H11F2N3O. The Balaban J connectivity index is 1.84. The summed E-state index contributed by atoms with van der Waals surface area (Å²) in [4.78, 5) is 3.99. The minimum Gasteiger partial charge on any atom is -0.362 e. The topological polar surface area (TPSA) is 40.2 Å². The Hall–Kier alpha value is -1.53. The molecule has 2 aliphatic rings. The average molecular weight is 239 g/mol. The van der Waals surface area contributed by atoms with Gasteiger partial charge in [0.15, 0.2) is 0 Å². The molecule has 0 aromatic heterocycles. The van der Waals surface area contributed by atoms with Crippen LogP contribution in [0.15, 0.2) is 23.2 Å². The van der Waals surface area contributed by atoms with Crippen molar-refractivity contribution in [3.8, 4) is 0 Å². The minimum atomic E-state index is -0.679. The number of aliphatic imine (C=N–C) groups is 1. The Morgan fingerprint density at radius 3 is 2.88 bits per heavy atom. The van der Waals surface area contributed by atoms with E-state index in [1.807, 2.05) is 0 Å². The highest BCUT2D eigenvalue weighted by molar-refractivity contribution is 5.56. The molecule has 2 aliphatic heterocycles. The van der Waals surface area contributed by atoms with Gasteiger partial charge in [0.2, 0.25) is 0 Å². The number of hydrazine groups is 1. The fraction of sp³-hybridized carbons (Fsp3) is 0.364. The first kappa shape index (κ1) is 10.6. The van der Waals surface area contributed by atoms with Crippen molar-refractivity contribution >= 4 is 6.34 Å². The predicted octanol–water partition coefficient (Wildman–Crippen LogP) is 0.996. The van der Waals surface area contributed by atoms with Gasteiger partial charge in [-0.25, -0.2) is 14.2 Å². The molecule has 1 saturated heterocycles. The van der Waals surface area contributed by atoms with Crippen LogP contribution in [0.4, 0.5) is 8.78 Å². The predicted molar refractivity (Wildman–Crippen MR) is 57.2 cm³/mol. The van der Waals surface area contributed by atoms with Crippen molar-refractivity contribution in [2.45, 2.75) is 5.60 Å². The number of nitrogens with one attached hydrogen (secondary N) is 1. The molecule has 0 radical (unpaired) electrons. The summed E-state index contributed by atoms with van der Waals surface area (Å²) in [5.74, 6) is -1.15. The summed E-state index contributed by atoms with van der Waals surface area (Å²) in [6, 6.07) is 3.56. The molecule has 0 amide bonds. The highest BCUT2D eigenvalue weighted by Crippen LogP contribution is 2.40. The van der Waals surface area contributed by atoms with Crippen molar-refractivity contribution < 1.29 is 13.5 Å². The van der Waals surface area contributed by atoms with Crippen molar-refractivity contribution in [2.75, 3.05) is 19.8 Å². The highest BCUT2D eigenvalue weighted by Gasteiger charge is 2.49. The summed E-state index contributed by atoms with van der Waals surface area (Å²) in [5, 5.41) is 1.75. The van der Waals surface area contributed by atoms with Crippen LogP contribution >= 0.6 is 0 Å². The molecule has 1 N–H and O–H groups in total. The molecule has 0 spiro atoms. The standard InChI is InChI=1S/C11H11F2N3O/c12-8-1-2-9(10(13)3-8)11(5-17-11)4-16-7-14-6-15-16/h1-3,7,15H,4-6H2/t11-/m1/s1. The molecule has 0 aliphatic carbocycles. The zero-order chi connectivity index (χ0) is 11.9. The Morgan fingerprint density at radius 2 is 2.29 bits per heavy atom. The van der Waals surface area contributed by atoms with Gasteiger partial charge in [-0.1, -0.05) is 6.07 Å². The number of ether oxygens (including phenoxy) is 1. The summed E-state index contributed by atoms with van der Waals surface area (Å²) >= 11 is 0. The number of hydrogen-bond donors (Lipinski definition) is 1. The molecule has 2 heterocycles. The van der Waals surface area contributed by atoms with Gasteiger partial charge in [-0.05, 0) is 6.07 Å². The summed E-state index contributed by atoms with van der Waals surface area (Å²) in [7, 11) is 0. The van der Waals surface area contributed by atoms with Crippen molar-refractivity contribution in [1.29, 1.82) is 0 Å². The van der Waals surface area contributed by atoms with E-state index in [0.717, 1.165) is 6.07 Å². The van der Waals surface area contributed by atoms with Gasteiger partial charge in [0.05, 0.1) is 13.2 Å². The number of hydrogen-bond acceptors (Lipinski definition) is 4. The molecule has 1 atom stereocenters. The molecular weight excluding hydrogens is 228 g/mol. The maximum atomic E-state index is 13.7. The average Bonchev–Trinajstić information content (AvgIpc) is 2.86. The number of benzene rings is 1. The zero-order valence-corrected chi connectivity index (χ0v) is 8.99. The highest BCUT2D eigenvalue weighted by atomic mass is 19.1. The molecule has 4 nitrogen and oxygen atoms in total. The molecule has 6 heteroatoms. The summed E-state index contributed by atoms with van der Waals surface area (Å²) in [6.45, 7) is 1.41. The second-order valence-electron chi connectivity index (χ2n) is 4.15. The smallest absolute Gasteiger partial charge is 0.138 e. The van der Waals surface area contributed by atoms with Crippen LogP contribution in [-0.4, -0.2) is 31.2 Å². The quantitative estimate of drug-likeness (QED) is 0.800. The van der Waals surface area contributed by atoms with E-state index in [1.165, 1.54) is 12.1 Å². The third-order valence-electron chi connectivity index (χ3n) is 2.93. The van der Waals surface area contributed by atoms with Crippen LogP contribution in [0.3, 0.4) is 0 Å². The first-order chi connectivity index (χ1) is 8.20. The largest absolute Gasteiger partial charge is 0.362 e. The molecule has 1 aromatic rings. The van der Waals surface area contributed by atoms with Crippen LogP contribution in [0.5, 0.6) is 0 Å².